The Morgan fingerprint density at radius 2 is 1.80 bits per heavy atom. The van der Waals surface area contributed by atoms with Crippen LogP contribution in [0.4, 0.5) is 0 Å². The molecule has 25 heavy (non-hydrogen) atoms. The standard InChI is InChI=1S/C19H14O6/c1-23-16-9-5-8-13-10-14(19(22)25-17(13)16)18(21)24-11-15(20)12-6-3-2-4-7-12/h2-10H,11H2,1H3. The Hall–Kier alpha value is -3.41. The Labute approximate surface area is 142 Å². The molecule has 0 N–H and O–H groups in total. The molecule has 0 saturated carbocycles. The number of carbonyl (C=O) groups is 2. The Morgan fingerprint density at radius 3 is 2.52 bits per heavy atom. The highest BCUT2D eigenvalue weighted by Gasteiger charge is 2.18. The maximum Gasteiger partial charge on any atom is 0.351 e. The minimum atomic E-state index is -0.914. The van der Waals surface area contributed by atoms with Gasteiger partial charge < -0.3 is 13.9 Å². The summed E-state index contributed by atoms with van der Waals surface area (Å²) in [6.07, 6.45) is 0. The number of benzene rings is 2. The Bertz CT molecular complexity index is 988. The Balaban J connectivity index is 1.82. The average molecular weight is 338 g/mol. The molecule has 0 fully saturated rings. The van der Waals surface area contributed by atoms with Crippen LogP contribution in [0.5, 0.6) is 5.75 Å². The number of carbonyl (C=O) groups excluding carboxylic acids is 2. The summed E-state index contributed by atoms with van der Waals surface area (Å²) in [5, 5.41) is 0.514. The highest BCUT2D eigenvalue weighted by atomic mass is 16.5. The van der Waals surface area contributed by atoms with E-state index < -0.39 is 18.2 Å². The first-order valence-electron chi connectivity index (χ1n) is 7.46. The summed E-state index contributed by atoms with van der Waals surface area (Å²) in [4.78, 5) is 36.1. The third kappa shape index (κ3) is 3.42. The van der Waals surface area contributed by atoms with Crippen molar-refractivity contribution in [2.45, 2.75) is 0 Å². The summed E-state index contributed by atoms with van der Waals surface area (Å²) in [5.74, 6) is -0.891. The van der Waals surface area contributed by atoms with Gasteiger partial charge in [-0.25, -0.2) is 9.59 Å². The van der Waals surface area contributed by atoms with Crippen LogP contribution < -0.4 is 10.4 Å². The molecular formula is C19H14O6. The van der Waals surface area contributed by atoms with Crippen LogP contribution in [-0.2, 0) is 4.74 Å². The second-order valence-electron chi connectivity index (χ2n) is 5.19. The lowest BCUT2D eigenvalue weighted by Crippen LogP contribution is -2.20. The smallest absolute Gasteiger partial charge is 0.351 e. The summed E-state index contributed by atoms with van der Waals surface area (Å²) in [6.45, 7) is -0.460. The molecule has 3 aromatic rings. The molecule has 0 radical (unpaired) electrons. The Morgan fingerprint density at radius 1 is 1.04 bits per heavy atom. The monoisotopic (exact) mass is 338 g/mol. The van der Waals surface area contributed by atoms with Gasteiger partial charge >= 0.3 is 11.6 Å². The number of hydrogen-bond donors (Lipinski definition) is 0. The highest BCUT2D eigenvalue weighted by molar-refractivity contribution is 6.00. The Kier molecular flexibility index (Phi) is 4.61. The number of rotatable bonds is 5. The van der Waals surface area contributed by atoms with E-state index in [1.807, 2.05) is 0 Å². The van der Waals surface area contributed by atoms with Crippen LogP contribution in [-0.4, -0.2) is 25.5 Å². The van der Waals surface area contributed by atoms with Crippen LogP contribution in [0.25, 0.3) is 11.0 Å². The summed E-state index contributed by atoms with van der Waals surface area (Å²) < 4.78 is 15.2. The van der Waals surface area contributed by atoms with Crippen molar-refractivity contribution in [3.63, 3.8) is 0 Å². The molecule has 0 aliphatic carbocycles. The molecule has 1 heterocycles. The van der Waals surface area contributed by atoms with Gasteiger partial charge in [0, 0.05) is 10.9 Å². The largest absolute Gasteiger partial charge is 0.493 e. The topological polar surface area (TPSA) is 82.8 Å². The zero-order valence-corrected chi connectivity index (χ0v) is 13.4. The van der Waals surface area contributed by atoms with E-state index in [9.17, 15) is 14.4 Å². The van der Waals surface area contributed by atoms with Crippen molar-refractivity contribution in [2.24, 2.45) is 0 Å². The number of ether oxygens (including phenoxy) is 2. The zero-order valence-electron chi connectivity index (χ0n) is 13.4. The molecule has 0 atom stereocenters. The van der Waals surface area contributed by atoms with Crippen LogP contribution in [0, 0.1) is 0 Å². The van der Waals surface area contributed by atoms with Crippen molar-refractivity contribution in [2.75, 3.05) is 13.7 Å². The SMILES string of the molecule is COc1cccc2cc(C(=O)OCC(=O)c3ccccc3)c(=O)oc12. The number of fused-ring (bicyclic) bond motifs is 1. The lowest BCUT2D eigenvalue weighted by Gasteiger charge is -2.06. The van der Waals surface area contributed by atoms with E-state index in [0.29, 0.717) is 16.7 Å². The fourth-order valence-electron chi connectivity index (χ4n) is 2.34. The van der Waals surface area contributed by atoms with Crippen molar-refractivity contribution >= 4 is 22.7 Å². The van der Waals surface area contributed by atoms with Gasteiger partial charge in [0.2, 0.25) is 0 Å². The van der Waals surface area contributed by atoms with Gasteiger partial charge in [-0.1, -0.05) is 42.5 Å². The maximum atomic E-state index is 12.1. The second kappa shape index (κ2) is 7.00. The average Bonchev–Trinajstić information content (AvgIpc) is 2.65. The summed E-state index contributed by atoms with van der Waals surface area (Å²) in [7, 11) is 1.45. The second-order valence-corrected chi connectivity index (χ2v) is 5.19. The molecule has 6 nitrogen and oxygen atoms in total. The molecule has 0 amide bonds. The molecule has 0 spiro atoms. The predicted octanol–water partition coefficient (Wildman–Crippen LogP) is 2.84. The molecule has 6 heteroatoms. The fraction of sp³-hybridized carbons (Fsp3) is 0.105. The quantitative estimate of drug-likeness (QED) is 0.404. The first-order chi connectivity index (χ1) is 12.1. The van der Waals surface area contributed by atoms with Crippen molar-refractivity contribution in [3.8, 4) is 5.75 Å². The zero-order chi connectivity index (χ0) is 17.8. The number of esters is 1. The van der Waals surface area contributed by atoms with E-state index in [-0.39, 0.29) is 16.9 Å². The van der Waals surface area contributed by atoms with E-state index in [2.05, 4.69) is 0 Å². The number of methoxy groups -OCH3 is 1. The van der Waals surface area contributed by atoms with Gasteiger partial charge in [-0.2, -0.15) is 0 Å². The minimum absolute atomic E-state index is 0.243. The van der Waals surface area contributed by atoms with E-state index in [0.717, 1.165) is 0 Å². The summed E-state index contributed by atoms with van der Waals surface area (Å²) >= 11 is 0. The number of ketones is 1. The van der Waals surface area contributed by atoms with Gasteiger partial charge in [0.1, 0.15) is 5.56 Å². The first-order valence-corrected chi connectivity index (χ1v) is 7.46. The lowest BCUT2D eigenvalue weighted by atomic mass is 10.1. The summed E-state index contributed by atoms with van der Waals surface area (Å²) in [6, 6.07) is 14.8. The van der Waals surface area contributed by atoms with Crippen LogP contribution in [0.15, 0.2) is 63.8 Å². The van der Waals surface area contributed by atoms with Crippen LogP contribution >= 0.6 is 0 Å². The molecule has 0 aliphatic heterocycles. The number of Topliss-reactive ketones (excluding diaryl/α,β-unsaturated/α-hetero) is 1. The van der Waals surface area contributed by atoms with Crippen LogP contribution in [0.2, 0.25) is 0 Å². The number of hydrogen-bond acceptors (Lipinski definition) is 6. The normalized spacial score (nSPS) is 10.4. The molecule has 126 valence electrons. The van der Waals surface area contributed by atoms with Crippen LogP contribution in [0.1, 0.15) is 20.7 Å². The van der Waals surface area contributed by atoms with Crippen molar-refractivity contribution in [3.05, 3.63) is 76.1 Å². The fourth-order valence-corrected chi connectivity index (χ4v) is 2.34. The van der Waals surface area contributed by atoms with Gasteiger partial charge in [0.25, 0.3) is 0 Å². The minimum Gasteiger partial charge on any atom is -0.493 e. The van der Waals surface area contributed by atoms with E-state index >= 15 is 0 Å². The van der Waals surface area contributed by atoms with Gasteiger partial charge in [-0.05, 0) is 12.1 Å². The lowest BCUT2D eigenvalue weighted by molar-refractivity contribution is 0.0470. The van der Waals surface area contributed by atoms with E-state index in [4.69, 9.17) is 13.9 Å². The molecule has 1 aromatic heterocycles. The molecule has 0 unspecified atom stereocenters. The third-order valence-corrected chi connectivity index (χ3v) is 3.59. The third-order valence-electron chi connectivity index (χ3n) is 3.59. The van der Waals surface area contributed by atoms with Crippen molar-refractivity contribution in [1.29, 1.82) is 0 Å². The van der Waals surface area contributed by atoms with Gasteiger partial charge in [0.05, 0.1) is 7.11 Å². The molecule has 0 aliphatic rings. The van der Waals surface area contributed by atoms with E-state index in [1.165, 1.54) is 13.2 Å². The van der Waals surface area contributed by atoms with Crippen LogP contribution in [0.3, 0.4) is 0 Å². The predicted molar refractivity (Wildman–Crippen MR) is 90.1 cm³/mol. The molecule has 0 saturated heterocycles. The van der Waals surface area contributed by atoms with E-state index in [1.54, 1.807) is 48.5 Å². The van der Waals surface area contributed by atoms with Gasteiger partial charge in [-0.3, -0.25) is 4.79 Å². The molecule has 0 bridgehead atoms. The van der Waals surface area contributed by atoms with Gasteiger partial charge in [-0.15, -0.1) is 0 Å². The van der Waals surface area contributed by atoms with Crippen molar-refractivity contribution < 1.29 is 23.5 Å². The summed E-state index contributed by atoms with van der Waals surface area (Å²) in [5.41, 5.74) is -0.465. The van der Waals surface area contributed by atoms with Crippen molar-refractivity contribution in [1.82, 2.24) is 0 Å². The number of para-hydroxylation sites is 1. The maximum absolute atomic E-state index is 12.1. The first kappa shape index (κ1) is 16.4. The molecule has 2 aromatic carbocycles. The highest BCUT2D eigenvalue weighted by Crippen LogP contribution is 2.24. The van der Waals surface area contributed by atoms with Gasteiger partial charge in [0.15, 0.2) is 23.7 Å². The molecule has 3 rings (SSSR count). The molecular weight excluding hydrogens is 324 g/mol.